The van der Waals surface area contributed by atoms with Gasteiger partial charge >= 0.3 is 0 Å². The molecule has 0 N–H and O–H groups in total. The summed E-state index contributed by atoms with van der Waals surface area (Å²) >= 11 is 0. The van der Waals surface area contributed by atoms with Crippen molar-refractivity contribution in [2.75, 3.05) is 4.90 Å². The lowest BCUT2D eigenvalue weighted by Crippen LogP contribution is -2.11. The number of nitrogens with zero attached hydrogens (tertiary/aromatic N) is 2. The fraction of sp³-hybridized carbons (Fsp3) is 0. The Balaban J connectivity index is 1.05. The van der Waals surface area contributed by atoms with Gasteiger partial charge in [-0.25, -0.2) is 0 Å². The molecule has 2 heteroatoms. The van der Waals surface area contributed by atoms with Crippen LogP contribution in [0.25, 0.3) is 93.2 Å². The van der Waals surface area contributed by atoms with E-state index in [1.165, 1.54) is 87.5 Å². The van der Waals surface area contributed by atoms with E-state index < -0.39 is 0 Å². The third-order valence-electron chi connectivity index (χ3n) is 12.5. The summed E-state index contributed by atoms with van der Waals surface area (Å²) in [6.07, 6.45) is 0. The molecule has 2 nitrogen and oxygen atoms in total. The van der Waals surface area contributed by atoms with Gasteiger partial charge in [0.2, 0.25) is 0 Å². The van der Waals surface area contributed by atoms with Crippen LogP contribution in [0.2, 0.25) is 0 Å². The summed E-state index contributed by atoms with van der Waals surface area (Å²) in [6, 6.07) is 88.5. The Hall–Kier alpha value is -8.20. The first kappa shape index (κ1) is 35.7. The van der Waals surface area contributed by atoms with E-state index in [0.717, 1.165) is 22.7 Å². The monoisotopic (exact) mass is 788 g/mol. The van der Waals surface area contributed by atoms with Crippen LogP contribution in [-0.4, -0.2) is 4.57 Å². The number of hydrogen-bond donors (Lipinski definition) is 0. The molecule has 0 spiro atoms. The molecule has 12 aromatic rings. The quantitative estimate of drug-likeness (QED) is 0.146. The predicted molar refractivity (Wildman–Crippen MR) is 264 cm³/mol. The van der Waals surface area contributed by atoms with Gasteiger partial charge in [0.1, 0.15) is 0 Å². The van der Waals surface area contributed by atoms with Gasteiger partial charge < -0.3 is 9.47 Å². The van der Waals surface area contributed by atoms with Crippen LogP contribution in [0.5, 0.6) is 0 Å². The smallest absolute Gasteiger partial charge is 0.0547 e. The van der Waals surface area contributed by atoms with E-state index in [1.807, 2.05) is 0 Å². The lowest BCUT2D eigenvalue weighted by Gasteiger charge is -2.28. The maximum absolute atomic E-state index is 2.45. The fourth-order valence-corrected chi connectivity index (χ4v) is 9.60. The topological polar surface area (TPSA) is 8.17 Å². The van der Waals surface area contributed by atoms with Crippen molar-refractivity contribution in [1.82, 2.24) is 4.57 Å². The second-order valence-electron chi connectivity index (χ2n) is 16.1. The molecule has 12 rings (SSSR count). The summed E-state index contributed by atoms with van der Waals surface area (Å²) in [5.41, 5.74) is 14.1. The van der Waals surface area contributed by atoms with Crippen LogP contribution in [0.4, 0.5) is 17.1 Å². The van der Waals surface area contributed by atoms with Gasteiger partial charge in [0, 0.05) is 33.2 Å². The van der Waals surface area contributed by atoms with Gasteiger partial charge in [-0.1, -0.05) is 182 Å². The van der Waals surface area contributed by atoms with Gasteiger partial charge in [0.15, 0.2) is 0 Å². The zero-order chi connectivity index (χ0) is 41.0. The zero-order valence-electron chi connectivity index (χ0n) is 34.0. The minimum Gasteiger partial charge on any atom is -0.310 e. The van der Waals surface area contributed by atoms with E-state index >= 15 is 0 Å². The molecule has 0 aliphatic heterocycles. The van der Waals surface area contributed by atoms with E-state index in [9.17, 15) is 0 Å². The van der Waals surface area contributed by atoms with E-state index in [1.54, 1.807) is 0 Å². The normalized spacial score (nSPS) is 11.5. The maximum atomic E-state index is 2.45. The van der Waals surface area contributed by atoms with Gasteiger partial charge in [-0.2, -0.15) is 0 Å². The van der Waals surface area contributed by atoms with Gasteiger partial charge in [-0.15, -0.1) is 0 Å². The molecule has 0 aliphatic carbocycles. The summed E-state index contributed by atoms with van der Waals surface area (Å²) < 4.78 is 2.43. The van der Waals surface area contributed by atoms with Gasteiger partial charge in [0.25, 0.3) is 0 Å². The Kier molecular flexibility index (Phi) is 8.53. The number of aromatic nitrogens is 1. The molecule has 62 heavy (non-hydrogen) atoms. The standard InChI is InChI=1S/C60H40N2/c1-3-15-41(16-4-1)42-29-31-43(32-30-42)44-33-35-50(36-34-44)61(58-40-48-19-9-10-24-52(48)54-25-11-12-26-55(54)58)51-23-13-20-47(37-51)53-27-14-28-57-60(53)56-38-45-17-7-8-18-46(45)39-59(56)62(57)49-21-5-2-6-22-49/h1-40H. The average molecular weight is 789 g/mol. The zero-order valence-corrected chi connectivity index (χ0v) is 34.0. The van der Waals surface area contributed by atoms with Crippen molar-refractivity contribution in [3.05, 3.63) is 243 Å². The second-order valence-corrected chi connectivity index (χ2v) is 16.1. The van der Waals surface area contributed by atoms with Crippen LogP contribution in [0, 0.1) is 0 Å². The summed E-state index contributed by atoms with van der Waals surface area (Å²) in [4.78, 5) is 2.45. The SMILES string of the molecule is c1ccc(-c2ccc(-c3ccc(N(c4cccc(-c5cccc6c5c5cc7ccccc7cc5n6-c5ccccc5)c4)c4cc5ccccc5c5ccccc45)cc3)cc2)cc1. The van der Waals surface area contributed by atoms with E-state index in [4.69, 9.17) is 0 Å². The van der Waals surface area contributed by atoms with Crippen LogP contribution in [0.3, 0.4) is 0 Å². The van der Waals surface area contributed by atoms with Crippen LogP contribution in [0.1, 0.15) is 0 Å². The molecule has 0 aliphatic rings. The molecule has 0 saturated carbocycles. The Morgan fingerprint density at radius 2 is 0.839 bits per heavy atom. The van der Waals surface area contributed by atoms with Crippen LogP contribution in [-0.2, 0) is 0 Å². The lowest BCUT2D eigenvalue weighted by atomic mass is 9.96. The molecule has 0 radical (unpaired) electrons. The number of hydrogen-bond acceptors (Lipinski definition) is 1. The van der Waals surface area contributed by atoms with Crippen LogP contribution < -0.4 is 4.90 Å². The predicted octanol–water partition coefficient (Wildman–Crippen LogP) is 16.7. The number of benzene rings is 11. The highest BCUT2D eigenvalue weighted by atomic mass is 15.1. The molecule has 0 atom stereocenters. The number of para-hydroxylation sites is 1. The Bertz CT molecular complexity index is 3600. The molecule has 0 bridgehead atoms. The molecule has 0 saturated heterocycles. The molecule has 1 aromatic heterocycles. The molecule has 1 heterocycles. The van der Waals surface area contributed by atoms with Crippen molar-refractivity contribution < 1.29 is 0 Å². The van der Waals surface area contributed by atoms with Gasteiger partial charge in [0.05, 0.1) is 16.7 Å². The summed E-state index contributed by atoms with van der Waals surface area (Å²) in [7, 11) is 0. The number of anilines is 3. The van der Waals surface area contributed by atoms with Crippen molar-refractivity contribution in [1.29, 1.82) is 0 Å². The van der Waals surface area contributed by atoms with Crippen LogP contribution in [0.15, 0.2) is 243 Å². The first-order chi connectivity index (χ1) is 30.7. The summed E-state index contributed by atoms with van der Waals surface area (Å²) in [5.74, 6) is 0. The molecule has 0 fully saturated rings. The minimum atomic E-state index is 1.09. The first-order valence-electron chi connectivity index (χ1n) is 21.3. The Morgan fingerprint density at radius 3 is 1.56 bits per heavy atom. The van der Waals surface area contributed by atoms with Crippen molar-refractivity contribution in [2.45, 2.75) is 0 Å². The molecule has 0 unspecified atom stereocenters. The van der Waals surface area contributed by atoms with E-state index in [0.29, 0.717) is 0 Å². The highest BCUT2D eigenvalue weighted by Gasteiger charge is 2.21. The van der Waals surface area contributed by atoms with Crippen molar-refractivity contribution in [3.63, 3.8) is 0 Å². The fourth-order valence-electron chi connectivity index (χ4n) is 9.60. The summed E-state index contributed by atoms with van der Waals surface area (Å²) in [5, 5.41) is 9.87. The minimum absolute atomic E-state index is 1.09. The molecule has 11 aromatic carbocycles. The molecule has 290 valence electrons. The average Bonchev–Trinajstić information content (AvgIpc) is 3.67. The third kappa shape index (κ3) is 6.04. The lowest BCUT2D eigenvalue weighted by molar-refractivity contribution is 1.18. The van der Waals surface area contributed by atoms with E-state index in [-0.39, 0.29) is 0 Å². The van der Waals surface area contributed by atoms with Gasteiger partial charge in [-0.05, 0) is 121 Å². The maximum Gasteiger partial charge on any atom is 0.0547 e. The highest BCUT2D eigenvalue weighted by molar-refractivity contribution is 6.19. The molecule has 0 amide bonds. The second kappa shape index (κ2) is 14.8. The highest BCUT2D eigenvalue weighted by Crippen LogP contribution is 2.45. The van der Waals surface area contributed by atoms with Crippen molar-refractivity contribution in [2.24, 2.45) is 0 Å². The largest absolute Gasteiger partial charge is 0.310 e. The van der Waals surface area contributed by atoms with Crippen molar-refractivity contribution >= 4 is 71.2 Å². The van der Waals surface area contributed by atoms with E-state index in [2.05, 4.69) is 252 Å². The van der Waals surface area contributed by atoms with Gasteiger partial charge in [-0.3, -0.25) is 0 Å². The molecular formula is C60H40N2. The number of rotatable bonds is 7. The van der Waals surface area contributed by atoms with Crippen LogP contribution >= 0.6 is 0 Å². The van der Waals surface area contributed by atoms with Crippen molar-refractivity contribution in [3.8, 4) is 39.1 Å². The summed E-state index contributed by atoms with van der Waals surface area (Å²) in [6.45, 7) is 0. The third-order valence-corrected chi connectivity index (χ3v) is 12.5. The first-order valence-corrected chi connectivity index (χ1v) is 21.3. The number of fused-ring (bicyclic) bond motifs is 7. The Labute approximate surface area is 360 Å². The Morgan fingerprint density at radius 1 is 0.290 bits per heavy atom. The molecular weight excluding hydrogens is 749 g/mol.